The number of rotatable bonds is 5. The first-order valence-corrected chi connectivity index (χ1v) is 9.71. The first kappa shape index (κ1) is 18.1. The maximum Gasteiger partial charge on any atom is 0.348 e. The van der Waals surface area contributed by atoms with Crippen LogP contribution in [0.2, 0.25) is 0 Å². The van der Waals surface area contributed by atoms with Gasteiger partial charge in [0.05, 0.1) is 12.0 Å². The van der Waals surface area contributed by atoms with Gasteiger partial charge in [-0.15, -0.1) is 11.3 Å². The van der Waals surface area contributed by atoms with Gasteiger partial charge < -0.3 is 14.5 Å². The van der Waals surface area contributed by atoms with Crippen LogP contribution in [0.3, 0.4) is 0 Å². The Hall–Kier alpha value is -1.73. The highest BCUT2D eigenvalue weighted by Gasteiger charge is 2.24. The highest BCUT2D eigenvalue weighted by Crippen LogP contribution is 2.35. The molecule has 1 saturated heterocycles. The molecule has 0 unspecified atom stereocenters. The van der Waals surface area contributed by atoms with Crippen molar-refractivity contribution in [3.05, 3.63) is 16.8 Å². The third-order valence-corrected chi connectivity index (χ3v) is 5.74. The molecule has 0 bridgehead atoms. The normalized spacial score (nSPS) is 16.0. The molecule has 136 valence electrons. The molecule has 2 aromatic heterocycles. The first-order chi connectivity index (χ1) is 12.0. The Bertz CT molecular complexity index is 751. The molecular formula is C18H26N4O2S. The molecule has 0 aliphatic carbocycles. The van der Waals surface area contributed by atoms with E-state index in [-0.39, 0.29) is 5.97 Å². The van der Waals surface area contributed by atoms with Crippen LogP contribution in [0.4, 0.5) is 5.82 Å². The van der Waals surface area contributed by atoms with Gasteiger partial charge in [-0.25, -0.2) is 14.8 Å². The average molecular weight is 362 g/mol. The number of hydrogen-bond donors (Lipinski definition) is 0. The molecule has 6 nitrogen and oxygen atoms in total. The van der Waals surface area contributed by atoms with Crippen molar-refractivity contribution < 1.29 is 9.53 Å². The van der Waals surface area contributed by atoms with Gasteiger partial charge in [-0.2, -0.15) is 0 Å². The number of aryl methyl sites for hydroxylation is 1. The van der Waals surface area contributed by atoms with E-state index >= 15 is 0 Å². The second kappa shape index (κ2) is 7.66. The number of hydrogen-bond acceptors (Lipinski definition) is 7. The zero-order valence-corrected chi connectivity index (χ0v) is 16.2. The number of likely N-dealkylation sites (N-methyl/N-ethyl adjacent to an activating group) is 1. The van der Waals surface area contributed by atoms with Crippen LogP contribution in [0.25, 0.3) is 10.2 Å². The number of carbonyl (C=O) groups excluding carboxylic acids is 1. The number of thiophene rings is 1. The molecule has 0 amide bonds. The van der Waals surface area contributed by atoms with Crippen molar-refractivity contribution in [2.45, 2.75) is 27.7 Å². The second-order valence-electron chi connectivity index (χ2n) is 6.85. The van der Waals surface area contributed by atoms with Crippen LogP contribution in [0.5, 0.6) is 0 Å². The van der Waals surface area contributed by atoms with Crippen LogP contribution >= 0.6 is 11.3 Å². The van der Waals surface area contributed by atoms with Gasteiger partial charge >= 0.3 is 5.97 Å². The Morgan fingerprint density at radius 2 is 2.00 bits per heavy atom. The van der Waals surface area contributed by atoms with Crippen molar-refractivity contribution in [3.63, 3.8) is 0 Å². The Labute approximate surface area is 152 Å². The lowest BCUT2D eigenvalue weighted by Gasteiger charge is -2.35. The zero-order valence-electron chi connectivity index (χ0n) is 15.4. The fourth-order valence-electron chi connectivity index (χ4n) is 3.07. The number of nitrogens with zero attached hydrogens (tertiary/aromatic N) is 4. The number of ether oxygens (including phenoxy) is 1. The maximum absolute atomic E-state index is 12.4. The monoisotopic (exact) mass is 362 g/mol. The predicted molar refractivity (Wildman–Crippen MR) is 102 cm³/mol. The minimum Gasteiger partial charge on any atom is -0.461 e. The average Bonchev–Trinajstić information content (AvgIpc) is 2.97. The SMILES string of the molecule is CCN1CCN(c2ncnc3sc(C(=O)OCC(C)C)c(C)c23)CC1. The summed E-state index contributed by atoms with van der Waals surface area (Å²) in [6, 6.07) is 0. The fraction of sp³-hybridized carbons (Fsp3) is 0.611. The van der Waals surface area contributed by atoms with E-state index in [1.54, 1.807) is 6.33 Å². The number of piperazine rings is 1. The summed E-state index contributed by atoms with van der Waals surface area (Å²) in [5, 5.41) is 0.994. The molecular weight excluding hydrogens is 336 g/mol. The number of anilines is 1. The Morgan fingerprint density at radius 3 is 2.64 bits per heavy atom. The van der Waals surface area contributed by atoms with Crippen LogP contribution < -0.4 is 4.90 Å². The molecule has 0 atom stereocenters. The van der Waals surface area contributed by atoms with Crippen LogP contribution in [-0.2, 0) is 4.74 Å². The summed E-state index contributed by atoms with van der Waals surface area (Å²) in [6.45, 7) is 13.7. The molecule has 25 heavy (non-hydrogen) atoms. The molecule has 1 aliphatic heterocycles. The summed E-state index contributed by atoms with van der Waals surface area (Å²) in [4.78, 5) is 27.6. The van der Waals surface area contributed by atoms with Crippen LogP contribution in [-0.4, -0.2) is 60.2 Å². The highest BCUT2D eigenvalue weighted by atomic mass is 32.1. The standard InChI is InChI=1S/C18H26N4O2S/c1-5-21-6-8-22(9-7-21)16-14-13(4)15(18(23)24-10-12(2)3)25-17(14)20-11-19-16/h11-12H,5-10H2,1-4H3. The minimum absolute atomic E-state index is 0.254. The molecule has 3 heterocycles. The highest BCUT2D eigenvalue weighted by molar-refractivity contribution is 7.20. The van der Waals surface area contributed by atoms with Gasteiger partial charge in [-0.3, -0.25) is 0 Å². The number of esters is 1. The van der Waals surface area contributed by atoms with E-state index in [2.05, 4.69) is 26.7 Å². The predicted octanol–water partition coefficient (Wildman–Crippen LogP) is 2.95. The zero-order chi connectivity index (χ0) is 18.0. The summed E-state index contributed by atoms with van der Waals surface area (Å²) >= 11 is 1.40. The minimum atomic E-state index is -0.254. The van der Waals surface area contributed by atoms with Crippen molar-refractivity contribution in [2.24, 2.45) is 5.92 Å². The topological polar surface area (TPSA) is 58.6 Å². The van der Waals surface area contributed by atoms with E-state index in [1.807, 2.05) is 20.8 Å². The fourth-order valence-corrected chi connectivity index (χ4v) is 4.11. The summed E-state index contributed by atoms with van der Waals surface area (Å²) in [7, 11) is 0. The molecule has 0 radical (unpaired) electrons. The van der Waals surface area contributed by atoms with Crippen molar-refractivity contribution >= 4 is 33.3 Å². The Morgan fingerprint density at radius 1 is 1.28 bits per heavy atom. The van der Waals surface area contributed by atoms with Gasteiger partial charge in [0.25, 0.3) is 0 Å². The van der Waals surface area contributed by atoms with Gasteiger partial charge in [-0.05, 0) is 24.9 Å². The lowest BCUT2D eigenvalue weighted by atomic mass is 10.2. The molecule has 0 N–H and O–H groups in total. The van der Waals surface area contributed by atoms with E-state index in [9.17, 15) is 4.79 Å². The summed E-state index contributed by atoms with van der Waals surface area (Å²) < 4.78 is 5.42. The van der Waals surface area contributed by atoms with E-state index < -0.39 is 0 Å². The summed E-state index contributed by atoms with van der Waals surface area (Å²) in [5.41, 5.74) is 0.933. The van der Waals surface area contributed by atoms with Gasteiger partial charge in [0.1, 0.15) is 21.9 Å². The van der Waals surface area contributed by atoms with Gasteiger partial charge in [0.2, 0.25) is 0 Å². The molecule has 1 aliphatic rings. The lowest BCUT2D eigenvalue weighted by molar-refractivity contribution is 0.0464. The number of carbonyl (C=O) groups is 1. The van der Waals surface area contributed by atoms with Crippen molar-refractivity contribution in [2.75, 3.05) is 44.2 Å². The molecule has 0 spiro atoms. The van der Waals surface area contributed by atoms with Crippen molar-refractivity contribution in [3.8, 4) is 0 Å². The van der Waals surface area contributed by atoms with E-state index in [0.29, 0.717) is 17.4 Å². The Kier molecular flexibility index (Phi) is 5.54. The molecule has 3 rings (SSSR count). The molecule has 7 heteroatoms. The van der Waals surface area contributed by atoms with Crippen molar-refractivity contribution in [1.29, 1.82) is 0 Å². The van der Waals surface area contributed by atoms with Gasteiger partial charge in [-0.1, -0.05) is 20.8 Å². The Balaban J connectivity index is 1.90. The molecule has 1 fully saturated rings. The number of aromatic nitrogens is 2. The summed E-state index contributed by atoms with van der Waals surface area (Å²) in [5.74, 6) is 1.01. The van der Waals surface area contributed by atoms with E-state index in [1.165, 1.54) is 11.3 Å². The van der Waals surface area contributed by atoms with E-state index in [4.69, 9.17) is 4.74 Å². The largest absolute Gasteiger partial charge is 0.461 e. The van der Waals surface area contributed by atoms with Crippen molar-refractivity contribution in [1.82, 2.24) is 14.9 Å². The molecule has 2 aromatic rings. The smallest absolute Gasteiger partial charge is 0.348 e. The summed E-state index contributed by atoms with van der Waals surface area (Å²) in [6.07, 6.45) is 1.60. The molecule has 0 aromatic carbocycles. The van der Waals surface area contributed by atoms with Crippen LogP contribution in [0.15, 0.2) is 6.33 Å². The lowest BCUT2D eigenvalue weighted by Crippen LogP contribution is -2.46. The maximum atomic E-state index is 12.4. The third-order valence-electron chi connectivity index (χ3n) is 4.56. The quantitative estimate of drug-likeness (QED) is 0.762. The number of fused-ring (bicyclic) bond motifs is 1. The van der Waals surface area contributed by atoms with Crippen LogP contribution in [0.1, 0.15) is 36.0 Å². The van der Waals surface area contributed by atoms with Gasteiger partial charge in [0, 0.05) is 26.2 Å². The van der Waals surface area contributed by atoms with Crippen LogP contribution in [0, 0.1) is 12.8 Å². The third kappa shape index (κ3) is 3.77. The second-order valence-corrected chi connectivity index (χ2v) is 7.85. The first-order valence-electron chi connectivity index (χ1n) is 8.89. The van der Waals surface area contributed by atoms with E-state index in [0.717, 1.165) is 54.3 Å². The molecule has 0 saturated carbocycles. The van der Waals surface area contributed by atoms with Gasteiger partial charge in [0.15, 0.2) is 0 Å².